The van der Waals surface area contributed by atoms with Crippen molar-refractivity contribution in [2.75, 3.05) is 7.05 Å². The standard InChI is InChI=1S/C23H24N2O/c1-4-22(21-13-5-6-14-24-21)25(3)23(26)20-12-8-11-19(16-20)18-10-7-9-17(2)15-18/h5-16,22H,4H2,1-3H3. The number of nitrogens with zero attached hydrogens (tertiary/aromatic N) is 2. The van der Waals surface area contributed by atoms with Crippen molar-refractivity contribution in [1.82, 2.24) is 9.88 Å². The van der Waals surface area contributed by atoms with Crippen LogP contribution in [-0.2, 0) is 0 Å². The van der Waals surface area contributed by atoms with Crippen LogP contribution >= 0.6 is 0 Å². The van der Waals surface area contributed by atoms with Crippen molar-refractivity contribution in [2.45, 2.75) is 26.3 Å². The van der Waals surface area contributed by atoms with Crippen molar-refractivity contribution < 1.29 is 4.79 Å². The Kier molecular flexibility index (Phi) is 5.47. The van der Waals surface area contributed by atoms with E-state index in [0.717, 1.165) is 23.2 Å². The van der Waals surface area contributed by atoms with Crippen LogP contribution in [0, 0.1) is 6.92 Å². The van der Waals surface area contributed by atoms with Gasteiger partial charge in [-0.05, 0) is 48.7 Å². The first-order valence-electron chi connectivity index (χ1n) is 8.95. The van der Waals surface area contributed by atoms with Gasteiger partial charge in [0.2, 0.25) is 0 Å². The zero-order chi connectivity index (χ0) is 18.5. The second kappa shape index (κ2) is 7.96. The largest absolute Gasteiger partial charge is 0.333 e. The Morgan fingerprint density at radius 2 is 1.73 bits per heavy atom. The summed E-state index contributed by atoms with van der Waals surface area (Å²) in [4.78, 5) is 19.3. The van der Waals surface area contributed by atoms with Crippen LogP contribution in [0.1, 0.15) is 41.0 Å². The number of pyridine rings is 1. The van der Waals surface area contributed by atoms with Crippen LogP contribution in [-0.4, -0.2) is 22.8 Å². The van der Waals surface area contributed by atoms with Crippen molar-refractivity contribution in [3.8, 4) is 11.1 Å². The average molecular weight is 344 g/mol. The fourth-order valence-electron chi connectivity index (χ4n) is 3.26. The third kappa shape index (κ3) is 3.83. The Morgan fingerprint density at radius 3 is 2.38 bits per heavy atom. The minimum atomic E-state index is -0.0358. The fourth-order valence-corrected chi connectivity index (χ4v) is 3.26. The molecule has 3 rings (SSSR count). The molecule has 1 amide bonds. The molecule has 26 heavy (non-hydrogen) atoms. The van der Waals surface area contributed by atoms with Gasteiger partial charge in [-0.2, -0.15) is 0 Å². The Bertz CT molecular complexity index is 889. The normalized spacial score (nSPS) is 11.8. The lowest BCUT2D eigenvalue weighted by atomic mass is 10.0. The van der Waals surface area contributed by atoms with Gasteiger partial charge in [0.05, 0.1) is 11.7 Å². The van der Waals surface area contributed by atoms with Crippen molar-refractivity contribution in [3.63, 3.8) is 0 Å². The van der Waals surface area contributed by atoms with Gasteiger partial charge in [-0.15, -0.1) is 0 Å². The van der Waals surface area contributed by atoms with Gasteiger partial charge >= 0.3 is 0 Å². The second-order valence-corrected chi connectivity index (χ2v) is 6.54. The molecule has 3 nitrogen and oxygen atoms in total. The minimum absolute atomic E-state index is 0.0111. The van der Waals surface area contributed by atoms with E-state index in [1.807, 2.05) is 55.6 Å². The highest BCUT2D eigenvalue weighted by Crippen LogP contribution is 2.25. The summed E-state index contributed by atoms with van der Waals surface area (Å²) in [7, 11) is 1.85. The average Bonchev–Trinajstić information content (AvgIpc) is 2.69. The van der Waals surface area contributed by atoms with E-state index in [1.165, 1.54) is 5.56 Å². The van der Waals surface area contributed by atoms with Gasteiger partial charge in [0.1, 0.15) is 0 Å². The van der Waals surface area contributed by atoms with Gasteiger partial charge in [-0.3, -0.25) is 9.78 Å². The van der Waals surface area contributed by atoms with Crippen LogP contribution in [0.5, 0.6) is 0 Å². The first kappa shape index (κ1) is 17.9. The molecular formula is C23H24N2O. The van der Waals surface area contributed by atoms with Crippen molar-refractivity contribution in [2.24, 2.45) is 0 Å². The third-order valence-electron chi connectivity index (χ3n) is 4.66. The molecule has 0 fully saturated rings. The smallest absolute Gasteiger partial charge is 0.254 e. The van der Waals surface area contributed by atoms with E-state index in [1.54, 1.807) is 11.1 Å². The highest BCUT2D eigenvalue weighted by atomic mass is 16.2. The molecule has 0 radical (unpaired) electrons. The van der Waals surface area contributed by atoms with Crippen molar-refractivity contribution in [3.05, 3.63) is 89.7 Å². The van der Waals surface area contributed by atoms with Crippen LogP contribution in [0.4, 0.5) is 0 Å². The summed E-state index contributed by atoms with van der Waals surface area (Å²) in [5.74, 6) is 0.0111. The molecule has 0 saturated carbocycles. The number of hydrogen-bond donors (Lipinski definition) is 0. The number of amides is 1. The predicted molar refractivity (Wildman–Crippen MR) is 106 cm³/mol. The molecule has 3 heteroatoms. The second-order valence-electron chi connectivity index (χ2n) is 6.54. The maximum atomic E-state index is 13.1. The summed E-state index contributed by atoms with van der Waals surface area (Å²) < 4.78 is 0. The molecule has 0 saturated heterocycles. The number of aromatic nitrogens is 1. The number of rotatable bonds is 5. The lowest BCUT2D eigenvalue weighted by Crippen LogP contribution is -2.31. The Balaban J connectivity index is 1.89. The summed E-state index contributed by atoms with van der Waals surface area (Å²) >= 11 is 0. The van der Waals surface area contributed by atoms with E-state index in [0.29, 0.717) is 5.56 Å². The van der Waals surface area contributed by atoms with E-state index in [2.05, 4.69) is 37.0 Å². The summed E-state index contributed by atoms with van der Waals surface area (Å²) in [5, 5.41) is 0. The van der Waals surface area contributed by atoms with E-state index < -0.39 is 0 Å². The third-order valence-corrected chi connectivity index (χ3v) is 4.66. The van der Waals surface area contributed by atoms with Gasteiger partial charge in [-0.25, -0.2) is 0 Å². The number of carbonyl (C=O) groups is 1. The molecular weight excluding hydrogens is 320 g/mol. The topological polar surface area (TPSA) is 33.2 Å². The van der Waals surface area contributed by atoms with Gasteiger partial charge in [0, 0.05) is 18.8 Å². The van der Waals surface area contributed by atoms with Gasteiger partial charge < -0.3 is 4.90 Å². The van der Waals surface area contributed by atoms with E-state index in [-0.39, 0.29) is 11.9 Å². The highest BCUT2D eigenvalue weighted by Gasteiger charge is 2.22. The Hall–Kier alpha value is -2.94. The fraction of sp³-hybridized carbons (Fsp3) is 0.217. The molecule has 1 heterocycles. The molecule has 132 valence electrons. The Labute approximate surface area is 155 Å². The number of aryl methyl sites for hydroxylation is 1. The molecule has 0 spiro atoms. The summed E-state index contributed by atoms with van der Waals surface area (Å²) in [5.41, 5.74) is 5.00. The van der Waals surface area contributed by atoms with Crippen LogP contribution in [0.3, 0.4) is 0 Å². The monoisotopic (exact) mass is 344 g/mol. The summed E-state index contributed by atoms with van der Waals surface area (Å²) in [6.07, 6.45) is 2.59. The molecule has 0 N–H and O–H groups in total. The molecule has 0 bridgehead atoms. The highest BCUT2D eigenvalue weighted by molar-refractivity contribution is 5.95. The molecule has 1 unspecified atom stereocenters. The van der Waals surface area contributed by atoms with Crippen LogP contribution in [0.25, 0.3) is 11.1 Å². The predicted octanol–water partition coefficient (Wildman–Crippen LogP) is 5.28. The molecule has 3 aromatic rings. The van der Waals surface area contributed by atoms with Crippen LogP contribution in [0.15, 0.2) is 72.9 Å². The lowest BCUT2D eigenvalue weighted by Gasteiger charge is -2.27. The Morgan fingerprint density at radius 1 is 1.00 bits per heavy atom. The van der Waals surface area contributed by atoms with Gasteiger partial charge in [0.15, 0.2) is 0 Å². The number of carbonyl (C=O) groups excluding carboxylic acids is 1. The van der Waals surface area contributed by atoms with E-state index in [9.17, 15) is 4.79 Å². The van der Waals surface area contributed by atoms with Crippen molar-refractivity contribution in [1.29, 1.82) is 0 Å². The minimum Gasteiger partial charge on any atom is -0.333 e. The van der Waals surface area contributed by atoms with E-state index >= 15 is 0 Å². The van der Waals surface area contributed by atoms with Crippen LogP contribution < -0.4 is 0 Å². The number of hydrogen-bond acceptors (Lipinski definition) is 2. The molecule has 0 aliphatic rings. The molecule has 1 aromatic heterocycles. The first-order chi connectivity index (χ1) is 12.6. The SMILES string of the molecule is CCC(c1ccccn1)N(C)C(=O)c1cccc(-c2cccc(C)c2)c1. The maximum Gasteiger partial charge on any atom is 0.254 e. The quantitative estimate of drug-likeness (QED) is 0.631. The van der Waals surface area contributed by atoms with E-state index in [4.69, 9.17) is 0 Å². The molecule has 0 aliphatic carbocycles. The first-order valence-corrected chi connectivity index (χ1v) is 8.95. The molecule has 0 aliphatic heterocycles. The van der Waals surface area contributed by atoms with Crippen molar-refractivity contribution >= 4 is 5.91 Å². The summed E-state index contributed by atoms with van der Waals surface area (Å²) in [6, 6.07) is 22.0. The summed E-state index contributed by atoms with van der Waals surface area (Å²) in [6.45, 7) is 4.15. The number of benzene rings is 2. The molecule has 1 atom stereocenters. The van der Waals surface area contributed by atoms with Crippen LogP contribution in [0.2, 0.25) is 0 Å². The lowest BCUT2D eigenvalue weighted by molar-refractivity contribution is 0.0723. The van der Waals surface area contributed by atoms with Gasteiger partial charge in [-0.1, -0.05) is 55.0 Å². The zero-order valence-corrected chi connectivity index (χ0v) is 15.5. The van der Waals surface area contributed by atoms with Gasteiger partial charge in [0.25, 0.3) is 5.91 Å². The zero-order valence-electron chi connectivity index (χ0n) is 15.5. The molecule has 2 aromatic carbocycles. The maximum absolute atomic E-state index is 13.1.